The van der Waals surface area contributed by atoms with E-state index in [2.05, 4.69) is 31.3 Å². The predicted octanol–water partition coefficient (Wildman–Crippen LogP) is 7.64. The summed E-state index contributed by atoms with van der Waals surface area (Å²) in [6, 6.07) is 15.6. The van der Waals surface area contributed by atoms with Gasteiger partial charge in [0.2, 0.25) is 5.75 Å². The zero-order valence-electron chi connectivity index (χ0n) is 42.6. The summed E-state index contributed by atoms with van der Waals surface area (Å²) < 4.78 is 51.3. The second-order valence-corrected chi connectivity index (χ2v) is 17.1. The molecule has 3 N–H and O–H groups in total. The van der Waals surface area contributed by atoms with Gasteiger partial charge in [0.05, 0.1) is 58.9 Å². The normalized spacial score (nSPS) is 11.9. The average molecular weight is 1060 g/mol. The Bertz CT molecular complexity index is 3840. The summed E-state index contributed by atoms with van der Waals surface area (Å²) in [5, 5.41) is 11.8. The Morgan fingerprint density at radius 3 is 1.39 bits per heavy atom. The smallest absolute Gasteiger partial charge is 0.870 e. The Balaban J connectivity index is 0.000000227. The second kappa shape index (κ2) is 23.7. The Hall–Kier alpha value is -8.33. The van der Waals surface area contributed by atoms with E-state index in [0.29, 0.717) is 84.5 Å². The van der Waals surface area contributed by atoms with Crippen LogP contribution < -0.4 is 62.7 Å². The SMILES string of the molecule is C.C.COc1cc2c(cc1-c1c(C)noc1C)[nH]c1nc(C)nc(-c3ccc(C)c4c3OCCO4)c12.COc1cc2c(cc1-c1c(C)noc1C)[nH]c1nc(C)nc(-c3ccc(OC=O)c4c3OCCO4)c12.O=C=O.[Na+].[OH-]. The molecular weight excluding hydrogens is 1000 g/mol. The van der Waals surface area contributed by atoms with Crippen LogP contribution in [-0.4, -0.2) is 99.0 Å². The summed E-state index contributed by atoms with van der Waals surface area (Å²) in [7, 11) is 3.30. The molecule has 0 atom stereocenters. The van der Waals surface area contributed by atoms with E-state index in [-0.39, 0.29) is 61.8 Å². The van der Waals surface area contributed by atoms with Crippen LogP contribution in [0.3, 0.4) is 0 Å². The maximum Gasteiger partial charge on any atom is 1.00 e. The maximum atomic E-state index is 11.0. The molecule has 2 aliphatic rings. The zero-order valence-corrected chi connectivity index (χ0v) is 44.6. The number of methoxy groups -OCH3 is 2. The minimum Gasteiger partial charge on any atom is -0.870 e. The topological polar surface area (TPSA) is 281 Å². The monoisotopic (exact) mass is 1060 g/mol. The van der Waals surface area contributed by atoms with E-state index in [4.69, 9.17) is 66.7 Å². The molecule has 394 valence electrons. The van der Waals surface area contributed by atoms with Crippen LogP contribution in [0.25, 0.3) is 88.6 Å². The fourth-order valence-corrected chi connectivity index (χ4v) is 9.63. The molecule has 0 amide bonds. The number of hydrogen-bond donors (Lipinski definition) is 2. The third-order valence-electron chi connectivity index (χ3n) is 12.6. The molecule has 0 bridgehead atoms. The third-order valence-corrected chi connectivity index (χ3v) is 12.6. The Morgan fingerprint density at radius 2 is 0.974 bits per heavy atom. The molecule has 0 aliphatic carbocycles. The fourth-order valence-electron chi connectivity index (χ4n) is 9.63. The number of aromatic amines is 2. The van der Waals surface area contributed by atoms with E-state index in [9.17, 15) is 4.79 Å². The molecule has 8 heterocycles. The number of carbonyl (C=O) groups is 1. The number of benzene rings is 4. The van der Waals surface area contributed by atoms with Gasteiger partial charge in [-0.15, -0.1) is 0 Å². The number of nitrogens with zero attached hydrogens (tertiary/aromatic N) is 6. The average Bonchev–Trinajstić information content (AvgIpc) is 4.19. The van der Waals surface area contributed by atoms with E-state index in [1.165, 1.54) is 0 Å². The predicted molar refractivity (Wildman–Crippen MR) is 280 cm³/mol. The van der Waals surface area contributed by atoms with Crippen molar-refractivity contribution in [3.8, 4) is 85.0 Å². The van der Waals surface area contributed by atoms with Crippen molar-refractivity contribution in [2.45, 2.75) is 63.3 Å². The Morgan fingerprint density at radius 1 is 0.558 bits per heavy atom. The van der Waals surface area contributed by atoms with E-state index in [1.807, 2.05) is 84.9 Å². The number of fused-ring (bicyclic) bond motifs is 8. The second-order valence-electron chi connectivity index (χ2n) is 17.1. The Kier molecular flexibility index (Phi) is 17.8. The summed E-state index contributed by atoms with van der Waals surface area (Å²) in [6.07, 6.45) is 0.250. The molecule has 0 saturated heterocycles. The van der Waals surface area contributed by atoms with Gasteiger partial charge < -0.3 is 57.6 Å². The fraction of sp³-hybridized carbons (Fsp3) is 0.273. The van der Waals surface area contributed by atoms with E-state index in [0.717, 1.165) is 112 Å². The van der Waals surface area contributed by atoms with Gasteiger partial charge in [0.15, 0.2) is 23.0 Å². The molecule has 4 aromatic carbocycles. The number of hydrogen-bond acceptors (Lipinski definition) is 19. The van der Waals surface area contributed by atoms with Crippen molar-refractivity contribution in [3.05, 3.63) is 88.7 Å². The van der Waals surface area contributed by atoms with E-state index < -0.39 is 0 Å². The molecule has 22 heteroatoms. The molecular formula is C55H55N8NaO13. The summed E-state index contributed by atoms with van der Waals surface area (Å²) in [4.78, 5) is 53.2. The number of ether oxygens (including phenoxy) is 7. The van der Waals surface area contributed by atoms with Crippen LogP contribution in [0.4, 0.5) is 0 Å². The van der Waals surface area contributed by atoms with Gasteiger partial charge in [-0.1, -0.05) is 31.2 Å². The van der Waals surface area contributed by atoms with E-state index >= 15 is 0 Å². The molecule has 6 aromatic heterocycles. The number of nitrogens with one attached hydrogen (secondary N) is 2. The van der Waals surface area contributed by atoms with Crippen LogP contribution in [0.15, 0.2) is 57.6 Å². The van der Waals surface area contributed by atoms with Crippen molar-refractivity contribution >= 4 is 56.5 Å². The number of aryl methyl sites for hydroxylation is 7. The van der Waals surface area contributed by atoms with Crippen LogP contribution in [0.5, 0.6) is 40.2 Å². The Labute approximate surface area is 463 Å². The van der Waals surface area contributed by atoms with E-state index in [1.54, 1.807) is 20.3 Å². The first-order valence-electron chi connectivity index (χ1n) is 22.9. The largest absolute Gasteiger partial charge is 1.00 e. The molecule has 0 spiro atoms. The molecule has 0 fully saturated rings. The quantitative estimate of drug-likeness (QED) is 0.109. The van der Waals surface area contributed by atoms with Crippen molar-refractivity contribution in [3.63, 3.8) is 0 Å². The van der Waals surface area contributed by atoms with Crippen LogP contribution in [0, 0.1) is 48.5 Å². The number of H-pyrrole nitrogens is 2. The van der Waals surface area contributed by atoms with Crippen LogP contribution in [0.1, 0.15) is 55.0 Å². The van der Waals surface area contributed by atoms with Gasteiger partial charge in [-0.3, -0.25) is 4.79 Å². The summed E-state index contributed by atoms with van der Waals surface area (Å²) in [6.45, 7) is 15.4. The number of aromatic nitrogens is 8. The molecule has 12 rings (SSSR count). The summed E-state index contributed by atoms with van der Waals surface area (Å²) in [5.74, 6) is 6.70. The van der Waals surface area contributed by atoms with Gasteiger partial charge in [-0.2, -0.15) is 9.59 Å². The van der Waals surface area contributed by atoms with Gasteiger partial charge >= 0.3 is 35.7 Å². The van der Waals surface area contributed by atoms with Crippen molar-refractivity contribution in [1.29, 1.82) is 0 Å². The third kappa shape index (κ3) is 10.3. The van der Waals surface area contributed by atoms with Gasteiger partial charge in [0.1, 0.15) is 72.4 Å². The number of carbonyl (C=O) groups excluding carboxylic acids is 3. The van der Waals surface area contributed by atoms with Gasteiger partial charge in [0, 0.05) is 44.1 Å². The van der Waals surface area contributed by atoms with Gasteiger partial charge in [0.25, 0.3) is 6.47 Å². The van der Waals surface area contributed by atoms with Crippen molar-refractivity contribution in [2.75, 3.05) is 40.6 Å². The molecule has 0 unspecified atom stereocenters. The minimum atomic E-state index is 0. The number of rotatable bonds is 8. The molecule has 10 aromatic rings. The van der Waals surface area contributed by atoms with Crippen molar-refractivity contribution in [1.82, 2.24) is 40.2 Å². The molecule has 2 aliphatic heterocycles. The van der Waals surface area contributed by atoms with Crippen LogP contribution >= 0.6 is 0 Å². The molecule has 0 radical (unpaired) electrons. The van der Waals surface area contributed by atoms with Crippen LogP contribution in [0.2, 0.25) is 0 Å². The zero-order chi connectivity index (χ0) is 51.2. The molecule has 21 nitrogen and oxygen atoms in total. The van der Waals surface area contributed by atoms with Gasteiger partial charge in [-0.05, 0) is 96.5 Å². The first kappa shape index (κ1) is 57.9. The summed E-state index contributed by atoms with van der Waals surface area (Å²) in [5.41, 5.74) is 12.5. The van der Waals surface area contributed by atoms with Crippen LogP contribution in [-0.2, 0) is 14.4 Å². The first-order chi connectivity index (χ1) is 35.4. The standard InChI is InChI=1S/C26H22N4O6.C26H24N4O4.CO2.2CH4.Na.H2O/c1-12-21(13(2)36-30-12)17-9-18-16(10-20(17)32-4)22-23(27-14(3)28-26(22)29-18)15-5-6-19(35-11-31)25-24(15)33-7-8-34-25;1-12-6-7-16(25-24(12)32-8-9-33-25)23-22-17-11-20(31-5)18(21-13(2)30-34-14(21)3)10-19(17)29-26(22)28-15(4)27-23;2-1-3;;;;/h5-6,9-11H,7-8H2,1-4H3,(H,27,28,29);6-7,10-11H,8-9H2,1-5H3,(H,27,28,29);;2*1H4;;1H2/q;;;;;+1;/p-1. The first-order valence-corrected chi connectivity index (χ1v) is 22.9. The van der Waals surface area contributed by atoms with Crippen molar-refractivity contribution < 1.29 is 91.6 Å². The summed E-state index contributed by atoms with van der Waals surface area (Å²) >= 11 is 0. The van der Waals surface area contributed by atoms with Crippen molar-refractivity contribution in [2.24, 2.45) is 0 Å². The molecule has 77 heavy (non-hydrogen) atoms. The van der Waals surface area contributed by atoms with Gasteiger partial charge in [-0.25, -0.2) is 19.9 Å². The minimum absolute atomic E-state index is 0. The maximum absolute atomic E-state index is 11.0. The molecule has 0 saturated carbocycles.